The molecule has 5 heteroatoms. The van der Waals surface area contributed by atoms with Crippen molar-refractivity contribution in [1.29, 1.82) is 0 Å². The summed E-state index contributed by atoms with van der Waals surface area (Å²) in [7, 11) is 3.47. The fourth-order valence-corrected chi connectivity index (χ4v) is 2.03. The number of benzene rings is 1. The summed E-state index contributed by atoms with van der Waals surface area (Å²) in [5, 5.41) is 0. The van der Waals surface area contributed by atoms with E-state index in [-0.39, 0.29) is 5.43 Å². The van der Waals surface area contributed by atoms with Gasteiger partial charge in [-0.25, -0.2) is 0 Å². The van der Waals surface area contributed by atoms with Crippen molar-refractivity contribution in [2.24, 2.45) is 7.05 Å². The Morgan fingerprint density at radius 1 is 1.22 bits per heavy atom. The van der Waals surface area contributed by atoms with Gasteiger partial charge in [0.1, 0.15) is 12.4 Å². The average molecular weight is 315 g/mol. The SMILES string of the molecule is C=CCOCc1cc(=O)c(OCc2ccc(OC)cc2)cn1C. The molecule has 0 amide bonds. The first kappa shape index (κ1) is 16.8. The zero-order valence-electron chi connectivity index (χ0n) is 13.5. The molecule has 0 bridgehead atoms. The van der Waals surface area contributed by atoms with Gasteiger partial charge in [-0.1, -0.05) is 18.2 Å². The van der Waals surface area contributed by atoms with Crippen LogP contribution in [0, 0.1) is 0 Å². The van der Waals surface area contributed by atoms with Gasteiger partial charge in [-0.3, -0.25) is 4.79 Å². The van der Waals surface area contributed by atoms with E-state index in [0.717, 1.165) is 17.0 Å². The molecule has 0 aliphatic carbocycles. The van der Waals surface area contributed by atoms with Gasteiger partial charge in [-0.2, -0.15) is 0 Å². The molecule has 1 aromatic carbocycles. The third-order valence-electron chi connectivity index (χ3n) is 3.34. The number of ether oxygens (including phenoxy) is 3. The second-order valence-electron chi connectivity index (χ2n) is 5.04. The van der Waals surface area contributed by atoms with Crippen molar-refractivity contribution in [3.05, 3.63) is 70.7 Å². The minimum Gasteiger partial charge on any atom is -0.497 e. The third kappa shape index (κ3) is 4.72. The number of hydrogen-bond acceptors (Lipinski definition) is 4. The Kier molecular flexibility index (Phi) is 6.00. The topological polar surface area (TPSA) is 49.7 Å². The number of hydrogen-bond donors (Lipinski definition) is 0. The van der Waals surface area contributed by atoms with E-state index in [4.69, 9.17) is 14.2 Å². The average Bonchev–Trinajstić information content (AvgIpc) is 2.57. The smallest absolute Gasteiger partial charge is 0.223 e. The van der Waals surface area contributed by atoms with Gasteiger partial charge < -0.3 is 18.8 Å². The molecular formula is C18H21NO4. The molecule has 1 aromatic heterocycles. The lowest BCUT2D eigenvalue weighted by molar-refractivity contribution is 0.143. The molecular weight excluding hydrogens is 294 g/mol. The van der Waals surface area contributed by atoms with Gasteiger partial charge in [0.15, 0.2) is 5.75 Å². The van der Waals surface area contributed by atoms with Gasteiger partial charge in [-0.05, 0) is 17.7 Å². The molecule has 0 atom stereocenters. The Labute approximate surface area is 135 Å². The Balaban J connectivity index is 2.03. The molecule has 0 aliphatic rings. The van der Waals surface area contributed by atoms with E-state index in [1.54, 1.807) is 19.4 Å². The molecule has 0 saturated heterocycles. The minimum atomic E-state index is -0.159. The van der Waals surface area contributed by atoms with Crippen molar-refractivity contribution in [2.45, 2.75) is 13.2 Å². The van der Waals surface area contributed by atoms with Crippen molar-refractivity contribution >= 4 is 0 Å². The molecule has 2 aromatic rings. The standard InChI is InChI=1S/C18H21NO4/c1-4-9-22-13-15-10-17(20)18(11-19(15)2)23-12-14-5-7-16(21-3)8-6-14/h4-8,10-11H,1,9,12-13H2,2-3H3. The van der Waals surface area contributed by atoms with Gasteiger partial charge in [0.05, 0.1) is 26.5 Å². The Morgan fingerprint density at radius 2 is 1.96 bits per heavy atom. The van der Waals surface area contributed by atoms with Crippen LogP contribution < -0.4 is 14.9 Å². The normalized spacial score (nSPS) is 10.3. The third-order valence-corrected chi connectivity index (χ3v) is 3.34. The summed E-state index contributed by atoms with van der Waals surface area (Å²) in [6.45, 7) is 4.72. The van der Waals surface area contributed by atoms with Crippen LogP contribution in [-0.2, 0) is 25.0 Å². The Bertz CT molecular complexity index is 704. The predicted molar refractivity (Wildman–Crippen MR) is 88.9 cm³/mol. The maximum absolute atomic E-state index is 12.1. The quantitative estimate of drug-likeness (QED) is 0.555. The highest BCUT2D eigenvalue weighted by molar-refractivity contribution is 5.27. The first-order chi connectivity index (χ1) is 11.1. The van der Waals surface area contributed by atoms with Crippen LogP contribution in [0.3, 0.4) is 0 Å². The summed E-state index contributed by atoms with van der Waals surface area (Å²) in [6.07, 6.45) is 3.35. The molecule has 0 aliphatic heterocycles. The minimum absolute atomic E-state index is 0.159. The molecule has 0 fully saturated rings. The van der Waals surface area contributed by atoms with E-state index in [1.807, 2.05) is 35.9 Å². The van der Waals surface area contributed by atoms with Crippen molar-refractivity contribution < 1.29 is 14.2 Å². The second kappa shape index (κ2) is 8.19. The van der Waals surface area contributed by atoms with E-state index in [0.29, 0.717) is 25.6 Å². The van der Waals surface area contributed by atoms with Crippen LogP contribution in [0.25, 0.3) is 0 Å². The lowest BCUT2D eigenvalue weighted by Gasteiger charge is -2.12. The van der Waals surface area contributed by atoms with Gasteiger partial charge in [0.2, 0.25) is 5.43 Å². The Morgan fingerprint density at radius 3 is 2.61 bits per heavy atom. The van der Waals surface area contributed by atoms with Crippen LogP contribution >= 0.6 is 0 Å². The van der Waals surface area contributed by atoms with E-state index in [9.17, 15) is 4.79 Å². The molecule has 0 unspecified atom stereocenters. The summed E-state index contributed by atoms with van der Waals surface area (Å²) in [5.41, 5.74) is 1.59. The van der Waals surface area contributed by atoms with Gasteiger partial charge in [0, 0.05) is 18.8 Å². The largest absolute Gasteiger partial charge is 0.497 e. The van der Waals surface area contributed by atoms with Crippen molar-refractivity contribution in [2.75, 3.05) is 13.7 Å². The zero-order valence-corrected chi connectivity index (χ0v) is 13.5. The van der Waals surface area contributed by atoms with E-state index >= 15 is 0 Å². The second-order valence-corrected chi connectivity index (χ2v) is 5.04. The fourth-order valence-electron chi connectivity index (χ4n) is 2.03. The zero-order chi connectivity index (χ0) is 16.7. The molecule has 2 rings (SSSR count). The Hall–Kier alpha value is -2.53. The number of pyridine rings is 1. The molecule has 5 nitrogen and oxygen atoms in total. The van der Waals surface area contributed by atoms with E-state index in [2.05, 4.69) is 6.58 Å². The number of rotatable bonds is 8. The monoisotopic (exact) mass is 315 g/mol. The molecule has 0 spiro atoms. The van der Waals surface area contributed by atoms with Gasteiger partial charge >= 0.3 is 0 Å². The molecule has 122 valence electrons. The lowest BCUT2D eigenvalue weighted by atomic mass is 10.2. The molecule has 1 heterocycles. The van der Waals surface area contributed by atoms with Crippen LogP contribution in [0.4, 0.5) is 0 Å². The van der Waals surface area contributed by atoms with E-state index in [1.165, 1.54) is 6.07 Å². The fraction of sp³-hybridized carbons (Fsp3) is 0.278. The number of aryl methyl sites for hydroxylation is 1. The summed E-state index contributed by atoms with van der Waals surface area (Å²) in [6, 6.07) is 9.06. The lowest BCUT2D eigenvalue weighted by Crippen LogP contribution is -2.14. The first-order valence-corrected chi connectivity index (χ1v) is 7.28. The molecule has 0 N–H and O–H groups in total. The van der Waals surface area contributed by atoms with Crippen LogP contribution in [-0.4, -0.2) is 18.3 Å². The highest BCUT2D eigenvalue weighted by Crippen LogP contribution is 2.13. The maximum Gasteiger partial charge on any atom is 0.223 e. The first-order valence-electron chi connectivity index (χ1n) is 7.28. The van der Waals surface area contributed by atoms with Gasteiger partial charge in [-0.15, -0.1) is 6.58 Å². The molecule has 0 radical (unpaired) electrons. The predicted octanol–water partition coefficient (Wildman–Crippen LogP) is 2.68. The summed E-state index contributed by atoms with van der Waals surface area (Å²) in [4.78, 5) is 12.1. The molecule has 23 heavy (non-hydrogen) atoms. The number of nitrogens with zero attached hydrogens (tertiary/aromatic N) is 1. The van der Waals surface area contributed by atoms with E-state index < -0.39 is 0 Å². The maximum atomic E-state index is 12.1. The van der Waals surface area contributed by atoms with Crippen LogP contribution in [0.2, 0.25) is 0 Å². The molecule has 0 saturated carbocycles. The highest BCUT2D eigenvalue weighted by atomic mass is 16.5. The van der Waals surface area contributed by atoms with Crippen LogP contribution in [0.5, 0.6) is 11.5 Å². The highest BCUT2D eigenvalue weighted by Gasteiger charge is 2.06. The van der Waals surface area contributed by atoms with Crippen LogP contribution in [0.1, 0.15) is 11.3 Å². The van der Waals surface area contributed by atoms with Crippen molar-refractivity contribution in [1.82, 2.24) is 4.57 Å². The number of aromatic nitrogens is 1. The summed E-state index contributed by atoms with van der Waals surface area (Å²) < 4.78 is 17.9. The van der Waals surface area contributed by atoms with Crippen LogP contribution in [0.15, 0.2) is 54.0 Å². The number of methoxy groups -OCH3 is 1. The van der Waals surface area contributed by atoms with Crippen molar-refractivity contribution in [3.63, 3.8) is 0 Å². The summed E-state index contributed by atoms with van der Waals surface area (Å²) in [5.74, 6) is 1.10. The van der Waals surface area contributed by atoms with Crippen molar-refractivity contribution in [3.8, 4) is 11.5 Å². The van der Waals surface area contributed by atoms with Gasteiger partial charge in [0.25, 0.3) is 0 Å². The summed E-state index contributed by atoms with van der Waals surface area (Å²) >= 11 is 0.